The third-order valence-electron chi connectivity index (χ3n) is 13.0. The van der Waals surface area contributed by atoms with Gasteiger partial charge in [-0.15, -0.1) is 0 Å². The molecule has 2 heterocycles. The Labute approximate surface area is 388 Å². The largest absolute Gasteiger partial charge is 0.208 e. The van der Waals surface area contributed by atoms with E-state index in [0.717, 1.165) is 54.9 Å². The van der Waals surface area contributed by atoms with Crippen LogP contribution in [-0.2, 0) is 5.41 Å². The van der Waals surface area contributed by atoms with Crippen LogP contribution in [0.25, 0.3) is 111 Å². The molecule has 0 spiro atoms. The molecule has 12 rings (SSSR count). The monoisotopic (exact) mass is 858 g/mol. The summed E-state index contributed by atoms with van der Waals surface area (Å²) in [6.07, 6.45) is 0. The number of hydrogen-bond donors (Lipinski definition) is 0. The molecule has 0 unspecified atom stereocenters. The Morgan fingerprint density at radius 2 is 0.433 bits per heavy atom. The summed E-state index contributed by atoms with van der Waals surface area (Å²) in [5, 5.41) is 9.24. The first-order valence-electron chi connectivity index (χ1n) is 22.6. The van der Waals surface area contributed by atoms with E-state index in [0.29, 0.717) is 34.9 Å². The number of fused-ring (bicyclic) bond motifs is 4. The molecule has 0 aliphatic heterocycles. The minimum atomic E-state index is -0.325. The lowest BCUT2D eigenvalue weighted by atomic mass is 9.77. The molecule has 0 bridgehead atoms. The van der Waals surface area contributed by atoms with Gasteiger partial charge in [-0.2, -0.15) is 0 Å². The van der Waals surface area contributed by atoms with E-state index in [9.17, 15) is 0 Å². The summed E-state index contributed by atoms with van der Waals surface area (Å²) in [6, 6.07) is 76.2. The fraction of sp³-hybridized carbons (Fsp3) is 0.0492. The molecular weight excluding hydrogens is 817 g/mol. The third kappa shape index (κ3) is 7.64. The molecule has 0 saturated carbocycles. The van der Waals surface area contributed by atoms with Crippen LogP contribution in [0.3, 0.4) is 0 Å². The van der Waals surface area contributed by atoms with E-state index in [1.807, 2.05) is 0 Å². The van der Waals surface area contributed by atoms with Crippen LogP contribution in [0.2, 0.25) is 0 Å². The zero-order valence-electron chi connectivity index (χ0n) is 37.0. The van der Waals surface area contributed by atoms with E-state index < -0.39 is 0 Å². The van der Waals surface area contributed by atoms with Crippen molar-refractivity contribution >= 4 is 43.1 Å². The summed E-state index contributed by atoms with van der Waals surface area (Å²) in [7, 11) is 0. The van der Waals surface area contributed by atoms with Crippen LogP contribution in [0.15, 0.2) is 218 Å². The van der Waals surface area contributed by atoms with E-state index in [4.69, 9.17) is 29.9 Å². The van der Waals surface area contributed by atoms with E-state index >= 15 is 0 Å². The van der Waals surface area contributed by atoms with Crippen LogP contribution in [0.1, 0.15) is 25.0 Å². The fourth-order valence-electron chi connectivity index (χ4n) is 9.08. The summed E-state index contributed by atoms with van der Waals surface area (Å²) >= 11 is 0. The molecule has 0 atom stereocenters. The molecule has 0 fully saturated rings. The van der Waals surface area contributed by atoms with Crippen LogP contribution in [0, 0.1) is 0 Å². The van der Waals surface area contributed by atoms with Crippen LogP contribution in [-0.4, -0.2) is 29.9 Å². The molecule has 0 amide bonds. The highest BCUT2D eigenvalue weighted by atomic mass is 15.0. The molecule has 0 saturated heterocycles. The third-order valence-corrected chi connectivity index (χ3v) is 13.0. The lowest BCUT2D eigenvalue weighted by Gasteiger charge is -2.26. The van der Waals surface area contributed by atoms with Gasteiger partial charge in [0.05, 0.1) is 0 Å². The molecular formula is C61H42N6. The average molecular weight is 859 g/mol. The summed E-state index contributed by atoms with van der Waals surface area (Å²) in [5.74, 6) is 3.79. The molecule has 0 aliphatic rings. The molecule has 0 N–H and O–H groups in total. The fourth-order valence-corrected chi connectivity index (χ4v) is 9.08. The number of nitrogens with zero attached hydrogens (tertiary/aromatic N) is 6. The Morgan fingerprint density at radius 3 is 0.687 bits per heavy atom. The normalized spacial score (nSPS) is 11.7. The lowest BCUT2D eigenvalue weighted by molar-refractivity contribution is 0.641. The maximum atomic E-state index is 5.10. The van der Waals surface area contributed by atoms with Crippen molar-refractivity contribution in [2.24, 2.45) is 0 Å². The van der Waals surface area contributed by atoms with Gasteiger partial charge in [0.25, 0.3) is 0 Å². The maximum Gasteiger partial charge on any atom is 0.164 e. The molecule has 6 nitrogen and oxygen atoms in total. The van der Waals surface area contributed by atoms with Crippen molar-refractivity contribution in [3.05, 3.63) is 230 Å². The molecule has 67 heavy (non-hydrogen) atoms. The second-order valence-electron chi connectivity index (χ2n) is 17.6. The van der Waals surface area contributed by atoms with E-state index in [1.165, 1.54) is 32.7 Å². The zero-order valence-corrected chi connectivity index (χ0v) is 37.0. The zero-order chi connectivity index (χ0) is 44.9. The first kappa shape index (κ1) is 39.8. The van der Waals surface area contributed by atoms with Crippen LogP contribution in [0.4, 0.5) is 0 Å². The van der Waals surface area contributed by atoms with Crippen LogP contribution < -0.4 is 0 Å². The summed E-state index contributed by atoms with van der Waals surface area (Å²) in [5.41, 5.74) is 7.61. The Kier molecular flexibility index (Phi) is 9.72. The van der Waals surface area contributed by atoms with Crippen LogP contribution in [0.5, 0.6) is 0 Å². The van der Waals surface area contributed by atoms with E-state index in [2.05, 4.69) is 232 Å². The first-order valence-corrected chi connectivity index (χ1v) is 22.6. The number of benzene rings is 10. The molecule has 316 valence electrons. The van der Waals surface area contributed by atoms with Crippen molar-refractivity contribution in [3.63, 3.8) is 0 Å². The smallest absolute Gasteiger partial charge is 0.164 e. The number of aromatic nitrogens is 6. The van der Waals surface area contributed by atoms with Crippen molar-refractivity contribution in [2.75, 3.05) is 0 Å². The Balaban J connectivity index is 0.882. The lowest BCUT2D eigenvalue weighted by Crippen LogP contribution is -2.18. The van der Waals surface area contributed by atoms with Crippen LogP contribution >= 0.6 is 0 Å². The SMILES string of the molecule is CC(C)(c1ccc(-c2nc(-c3ccc4ccccc4c3)nc(-c3ccc4ccccc4c3)n2)cc1)c1ccc(-c2nc(-c3ccc4ccccc4c3)nc(-c3ccc4ccccc4c3)n2)cc1. The molecule has 12 aromatic rings. The van der Waals surface area contributed by atoms with Crippen molar-refractivity contribution in [1.82, 2.24) is 29.9 Å². The van der Waals surface area contributed by atoms with Gasteiger partial charge in [-0.05, 0) is 78.5 Å². The quantitative estimate of drug-likeness (QED) is 0.151. The van der Waals surface area contributed by atoms with Crippen molar-refractivity contribution in [3.8, 4) is 68.3 Å². The maximum absolute atomic E-state index is 5.10. The topological polar surface area (TPSA) is 77.3 Å². The summed E-state index contributed by atoms with van der Waals surface area (Å²) in [4.78, 5) is 30.5. The first-order chi connectivity index (χ1) is 32.9. The van der Waals surface area contributed by atoms with Gasteiger partial charge in [0, 0.05) is 38.8 Å². The van der Waals surface area contributed by atoms with E-state index in [-0.39, 0.29) is 5.41 Å². The van der Waals surface area contributed by atoms with Crippen molar-refractivity contribution < 1.29 is 0 Å². The van der Waals surface area contributed by atoms with Gasteiger partial charge in [-0.25, -0.2) is 29.9 Å². The van der Waals surface area contributed by atoms with Gasteiger partial charge in [-0.3, -0.25) is 0 Å². The standard InChI is InChI=1S/C61H42N6/c1-61(2,53-31-27-43(28-32-53)55-62-57(49-23-19-39-11-3-7-15-45(39)35-49)66-58(63-55)50-24-20-40-12-4-8-16-46(40)36-50)54-33-29-44(30-34-54)56-64-59(51-25-21-41-13-5-9-17-47(41)37-51)67-60(65-56)52-26-22-42-14-6-10-18-48(42)38-52/h3-38H,1-2H3. The molecule has 0 radical (unpaired) electrons. The summed E-state index contributed by atoms with van der Waals surface area (Å²) < 4.78 is 0. The average Bonchev–Trinajstić information content (AvgIpc) is 3.40. The Bertz CT molecular complexity index is 3390. The molecule has 10 aromatic carbocycles. The molecule has 2 aromatic heterocycles. The minimum absolute atomic E-state index is 0.325. The predicted octanol–water partition coefficient (Wildman–Crippen LogP) is 15.0. The molecule has 6 heteroatoms. The van der Waals surface area contributed by atoms with Crippen molar-refractivity contribution in [2.45, 2.75) is 19.3 Å². The Hall–Kier alpha value is -8.74. The van der Waals surface area contributed by atoms with Gasteiger partial charge < -0.3 is 0 Å². The molecule has 0 aliphatic carbocycles. The second kappa shape index (κ2) is 16.4. The number of hydrogen-bond acceptors (Lipinski definition) is 6. The predicted molar refractivity (Wildman–Crippen MR) is 274 cm³/mol. The highest BCUT2D eigenvalue weighted by Crippen LogP contribution is 2.36. The van der Waals surface area contributed by atoms with Gasteiger partial charge >= 0.3 is 0 Å². The second-order valence-corrected chi connectivity index (χ2v) is 17.6. The van der Waals surface area contributed by atoms with Gasteiger partial charge in [0.2, 0.25) is 0 Å². The minimum Gasteiger partial charge on any atom is -0.208 e. The van der Waals surface area contributed by atoms with Gasteiger partial charge in [-0.1, -0.05) is 208 Å². The van der Waals surface area contributed by atoms with Crippen molar-refractivity contribution in [1.29, 1.82) is 0 Å². The van der Waals surface area contributed by atoms with Gasteiger partial charge in [0.1, 0.15) is 0 Å². The Morgan fingerprint density at radius 1 is 0.224 bits per heavy atom. The summed E-state index contributed by atoms with van der Waals surface area (Å²) in [6.45, 7) is 4.52. The highest BCUT2D eigenvalue weighted by molar-refractivity contribution is 5.90. The van der Waals surface area contributed by atoms with Gasteiger partial charge in [0.15, 0.2) is 34.9 Å². The van der Waals surface area contributed by atoms with E-state index in [1.54, 1.807) is 0 Å². The highest BCUT2D eigenvalue weighted by Gasteiger charge is 2.24. The number of rotatable bonds is 8.